The molecule has 0 amide bonds. The summed E-state index contributed by atoms with van der Waals surface area (Å²) < 4.78 is 43.5. The maximum atomic E-state index is 12.9. The molecule has 0 fully saturated rings. The molecular formula is C21H20F3N5O3. The Morgan fingerprint density at radius 3 is 2.56 bits per heavy atom. The third-order valence-corrected chi connectivity index (χ3v) is 4.33. The minimum absolute atomic E-state index is 0.0245. The summed E-state index contributed by atoms with van der Waals surface area (Å²) in [7, 11) is 1.40. The lowest BCUT2D eigenvalue weighted by molar-refractivity contribution is -0.141. The first-order valence-corrected chi connectivity index (χ1v) is 9.39. The Labute approximate surface area is 181 Å². The number of pyridine rings is 1. The van der Waals surface area contributed by atoms with E-state index in [-0.39, 0.29) is 12.6 Å². The van der Waals surface area contributed by atoms with Crippen molar-refractivity contribution in [1.82, 2.24) is 15.0 Å². The molecule has 2 aromatic heterocycles. The highest BCUT2D eigenvalue weighted by molar-refractivity contribution is 5.77. The predicted octanol–water partition coefficient (Wildman–Crippen LogP) is 4.12. The van der Waals surface area contributed by atoms with Crippen molar-refractivity contribution in [2.45, 2.75) is 19.1 Å². The van der Waals surface area contributed by atoms with Crippen molar-refractivity contribution in [3.05, 3.63) is 60.0 Å². The molecule has 0 bridgehead atoms. The fraction of sp³-hybridized carbons (Fsp3) is 0.238. The van der Waals surface area contributed by atoms with Crippen LogP contribution in [0.3, 0.4) is 0 Å². The number of benzene rings is 1. The van der Waals surface area contributed by atoms with Gasteiger partial charge in [-0.15, -0.1) is 0 Å². The van der Waals surface area contributed by atoms with Gasteiger partial charge in [-0.3, -0.25) is 0 Å². The lowest BCUT2D eigenvalue weighted by atomic mass is 10.0. The first-order valence-electron chi connectivity index (χ1n) is 9.39. The van der Waals surface area contributed by atoms with Crippen LogP contribution in [0.1, 0.15) is 11.3 Å². The summed E-state index contributed by atoms with van der Waals surface area (Å²) in [4.78, 5) is 22.8. The molecule has 3 rings (SSSR count). The number of rotatable bonds is 8. The number of methoxy groups -OCH3 is 1. The summed E-state index contributed by atoms with van der Waals surface area (Å²) in [5, 5.41) is 14.8. The van der Waals surface area contributed by atoms with E-state index in [4.69, 9.17) is 4.74 Å². The standard InChI is InChI=1S/C21H20F3N5O3/c1-12-7-14(13-3-4-18(26-10-13)28-16(11-32-2)19(30)31)9-15(8-12)27-20-25-6-5-17(29-20)21(22,23)24/h3-10,16H,11H2,1-2H3,(H,26,28)(H,30,31)(H,25,27,29)/t16-/m0/s1. The van der Waals surface area contributed by atoms with Crippen LogP contribution in [0.15, 0.2) is 48.8 Å². The average molecular weight is 447 g/mol. The topological polar surface area (TPSA) is 109 Å². The zero-order valence-corrected chi connectivity index (χ0v) is 17.1. The van der Waals surface area contributed by atoms with Crippen molar-refractivity contribution in [2.24, 2.45) is 0 Å². The van der Waals surface area contributed by atoms with Gasteiger partial charge >= 0.3 is 12.1 Å². The van der Waals surface area contributed by atoms with Crippen LogP contribution in [-0.4, -0.2) is 45.8 Å². The highest BCUT2D eigenvalue weighted by atomic mass is 19.4. The van der Waals surface area contributed by atoms with Gasteiger partial charge in [0, 0.05) is 30.8 Å². The number of halogens is 3. The minimum atomic E-state index is -4.57. The number of alkyl halides is 3. The smallest absolute Gasteiger partial charge is 0.433 e. The van der Waals surface area contributed by atoms with Crippen molar-refractivity contribution >= 4 is 23.4 Å². The van der Waals surface area contributed by atoms with E-state index in [1.165, 1.54) is 7.11 Å². The highest BCUT2D eigenvalue weighted by Gasteiger charge is 2.32. The molecule has 0 aliphatic rings. The van der Waals surface area contributed by atoms with Crippen LogP contribution in [0.4, 0.5) is 30.6 Å². The van der Waals surface area contributed by atoms with Gasteiger partial charge in [0.05, 0.1) is 6.61 Å². The number of nitrogens with one attached hydrogen (secondary N) is 2. The molecule has 0 aliphatic carbocycles. The molecular weight excluding hydrogens is 427 g/mol. The monoisotopic (exact) mass is 447 g/mol. The van der Waals surface area contributed by atoms with Gasteiger partial charge in [-0.05, 0) is 48.4 Å². The van der Waals surface area contributed by atoms with Crippen LogP contribution in [0.5, 0.6) is 0 Å². The van der Waals surface area contributed by atoms with E-state index in [0.717, 1.165) is 29.0 Å². The summed E-state index contributed by atoms with van der Waals surface area (Å²) in [5.41, 5.74) is 1.80. The van der Waals surface area contributed by atoms with Crippen LogP contribution >= 0.6 is 0 Å². The number of carboxylic acids is 1. The van der Waals surface area contributed by atoms with E-state index in [1.807, 2.05) is 13.0 Å². The van der Waals surface area contributed by atoms with E-state index in [0.29, 0.717) is 11.5 Å². The lowest BCUT2D eigenvalue weighted by Crippen LogP contribution is -2.33. The summed E-state index contributed by atoms with van der Waals surface area (Å²) in [6, 6.07) is 8.60. The maximum Gasteiger partial charge on any atom is 0.433 e. The number of carboxylic acid groups (broad SMARTS) is 1. The maximum absolute atomic E-state index is 12.9. The largest absolute Gasteiger partial charge is 0.480 e. The molecule has 0 spiro atoms. The molecule has 32 heavy (non-hydrogen) atoms. The molecule has 1 atom stereocenters. The van der Waals surface area contributed by atoms with Crippen molar-refractivity contribution in [3.8, 4) is 11.1 Å². The molecule has 3 N–H and O–H groups in total. The molecule has 3 aromatic rings. The minimum Gasteiger partial charge on any atom is -0.480 e. The van der Waals surface area contributed by atoms with Crippen molar-refractivity contribution in [2.75, 3.05) is 24.4 Å². The second kappa shape index (κ2) is 9.60. The molecule has 8 nitrogen and oxygen atoms in total. The van der Waals surface area contributed by atoms with Gasteiger partial charge in [0.1, 0.15) is 17.6 Å². The number of aromatic nitrogens is 3. The third kappa shape index (κ3) is 5.91. The van der Waals surface area contributed by atoms with E-state index in [9.17, 15) is 23.1 Å². The molecule has 168 valence electrons. The number of nitrogens with zero attached hydrogens (tertiary/aromatic N) is 3. The van der Waals surface area contributed by atoms with Gasteiger partial charge in [0.15, 0.2) is 0 Å². The fourth-order valence-electron chi connectivity index (χ4n) is 2.90. The second-order valence-electron chi connectivity index (χ2n) is 6.90. The van der Waals surface area contributed by atoms with Gasteiger partial charge < -0.3 is 20.5 Å². The molecule has 2 heterocycles. The zero-order chi connectivity index (χ0) is 23.3. The fourth-order valence-corrected chi connectivity index (χ4v) is 2.90. The third-order valence-electron chi connectivity index (χ3n) is 4.33. The molecule has 0 saturated heterocycles. The van der Waals surface area contributed by atoms with Gasteiger partial charge in [0.25, 0.3) is 0 Å². The summed E-state index contributed by atoms with van der Waals surface area (Å²) in [5.74, 6) is -0.877. The van der Waals surface area contributed by atoms with Crippen molar-refractivity contribution in [1.29, 1.82) is 0 Å². The Morgan fingerprint density at radius 1 is 1.16 bits per heavy atom. The van der Waals surface area contributed by atoms with Crippen molar-refractivity contribution in [3.63, 3.8) is 0 Å². The number of carbonyl (C=O) groups is 1. The summed E-state index contributed by atoms with van der Waals surface area (Å²) >= 11 is 0. The van der Waals surface area contributed by atoms with Gasteiger partial charge in [0.2, 0.25) is 5.95 Å². The van der Waals surface area contributed by atoms with E-state index < -0.39 is 23.9 Å². The molecule has 1 aromatic carbocycles. The molecule has 0 aliphatic heterocycles. The van der Waals surface area contributed by atoms with Crippen LogP contribution in [-0.2, 0) is 15.7 Å². The summed E-state index contributed by atoms with van der Waals surface area (Å²) in [6.45, 7) is 1.82. The number of ether oxygens (including phenoxy) is 1. The average Bonchev–Trinajstić information content (AvgIpc) is 2.73. The van der Waals surface area contributed by atoms with Gasteiger partial charge in [-0.25, -0.2) is 19.7 Å². The number of anilines is 3. The van der Waals surface area contributed by atoms with Crippen molar-refractivity contribution < 1.29 is 27.8 Å². The van der Waals surface area contributed by atoms with E-state index in [1.54, 1.807) is 30.5 Å². The predicted molar refractivity (Wildman–Crippen MR) is 112 cm³/mol. The Morgan fingerprint density at radius 2 is 1.94 bits per heavy atom. The number of aryl methyl sites for hydroxylation is 1. The Hall–Kier alpha value is -3.73. The van der Waals surface area contributed by atoms with Gasteiger partial charge in [-0.2, -0.15) is 13.2 Å². The Kier molecular flexibility index (Phi) is 6.89. The highest BCUT2D eigenvalue weighted by Crippen LogP contribution is 2.29. The lowest BCUT2D eigenvalue weighted by Gasteiger charge is -2.14. The van der Waals surface area contributed by atoms with Crippen LogP contribution in [0.2, 0.25) is 0 Å². The van der Waals surface area contributed by atoms with Crippen LogP contribution < -0.4 is 10.6 Å². The Bertz CT molecular complexity index is 1090. The normalized spacial score (nSPS) is 12.3. The second-order valence-corrected chi connectivity index (χ2v) is 6.90. The number of hydrogen-bond donors (Lipinski definition) is 3. The first-order chi connectivity index (χ1) is 15.2. The van der Waals surface area contributed by atoms with Crippen LogP contribution in [0.25, 0.3) is 11.1 Å². The van der Waals surface area contributed by atoms with Crippen LogP contribution in [0, 0.1) is 6.92 Å². The summed E-state index contributed by atoms with van der Waals surface area (Å²) in [6.07, 6.45) is -1.96. The quantitative estimate of drug-likeness (QED) is 0.473. The molecule has 0 unspecified atom stereocenters. The van der Waals surface area contributed by atoms with E-state index >= 15 is 0 Å². The molecule has 0 saturated carbocycles. The molecule has 11 heteroatoms. The zero-order valence-electron chi connectivity index (χ0n) is 17.1. The number of hydrogen-bond acceptors (Lipinski definition) is 7. The number of aliphatic carboxylic acids is 1. The molecule has 0 radical (unpaired) electrons. The first kappa shape index (κ1) is 22.9. The van der Waals surface area contributed by atoms with Gasteiger partial charge in [-0.1, -0.05) is 6.07 Å². The Balaban J connectivity index is 1.81. The van der Waals surface area contributed by atoms with E-state index in [2.05, 4.69) is 25.6 Å². The SMILES string of the molecule is COC[C@H](Nc1ccc(-c2cc(C)cc(Nc3nccc(C(F)(F)F)n3)c2)cn1)C(=O)O.